The van der Waals surface area contributed by atoms with Gasteiger partial charge in [0.2, 0.25) is 0 Å². The van der Waals surface area contributed by atoms with Gasteiger partial charge >= 0.3 is 5.69 Å². The van der Waals surface area contributed by atoms with Crippen LogP contribution in [0.1, 0.15) is 35.1 Å². The van der Waals surface area contributed by atoms with Crippen molar-refractivity contribution in [3.63, 3.8) is 0 Å². The molecule has 0 unspecified atom stereocenters. The molecule has 0 radical (unpaired) electrons. The maximum atomic E-state index is 13.2. The monoisotopic (exact) mass is 446 g/mol. The molecule has 0 aliphatic carbocycles. The molecule has 1 aliphatic rings. The summed E-state index contributed by atoms with van der Waals surface area (Å²) in [6, 6.07) is 17.1. The lowest BCUT2D eigenvalue weighted by Gasteiger charge is -2.32. The van der Waals surface area contributed by atoms with Gasteiger partial charge in [-0.25, -0.2) is 18.4 Å². The van der Waals surface area contributed by atoms with Crippen molar-refractivity contribution < 1.29 is 9.18 Å². The second-order valence-electron chi connectivity index (χ2n) is 8.20. The molecule has 33 heavy (non-hydrogen) atoms. The Morgan fingerprint density at radius 1 is 1.12 bits per heavy atom. The van der Waals surface area contributed by atoms with Crippen molar-refractivity contribution in [2.45, 2.75) is 18.8 Å². The van der Waals surface area contributed by atoms with E-state index < -0.39 is 0 Å². The Labute approximate surface area is 189 Å². The Kier molecular flexibility index (Phi) is 5.37. The number of nitrogens with zero attached hydrogens (tertiary/aromatic N) is 5. The number of nitrogens with one attached hydrogen (secondary N) is 1. The SMILES string of the molecule is Cn1nc([C@H]2CCCN(C(=O)c3cc(-c4ccc(F)cc4)n[nH]3)C2)n(-c2ccccc2)c1=O. The number of likely N-dealkylation sites (tertiary alicyclic amines) is 1. The number of piperidine rings is 1. The molecular formula is C24H23FN6O2. The molecule has 168 valence electrons. The lowest BCUT2D eigenvalue weighted by Crippen LogP contribution is -2.40. The summed E-state index contributed by atoms with van der Waals surface area (Å²) < 4.78 is 16.2. The molecule has 2 aromatic carbocycles. The summed E-state index contributed by atoms with van der Waals surface area (Å²) >= 11 is 0. The number of hydrogen-bond donors (Lipinski definition) is 1. The van der Waals surface area contributed by atoms with E-state index in [1.54, 1.807) is 34.7 Å². The van der Waals surface area contributed by atoms with Crippen LogP contribution < -0.4 is 5.69 Å². The van der Waals surface area contributed by atoms with Crippen LogP contribution in [-0.4, -0.2) is 48.4 Å². The Balaban J connectivity index is 1.39. The van der Waals surface area contributed by atoms with E-state index >= 15 is 0 Å². The van der Waals surface area contributed by atoms with E-state index in [2.05, 4.69) is 15.3 Å². The Bertz CT molecular complexity index is 1340. The third-order valence-electron chi connectivity index (χ3n) is 5.99. The average Bonchev–Trinajstić information content (AvgIpc) is 3.45. The minimum Gasteiger partial charge on any atom is -0.337 e. The van der Waals surface area contributed by atoms with Gasteiger partial charge < -0.3 is 4.90 Å². The van der Waals surface area contributed by atoms with Gasteiger partial charge in [0.25, 0.3) is 5.91 Å². The fourth-order valence-electron chi connectivity index (χ4n) is 4.31. The molecule has 1 N–H and O–H groups in total. The number of amides is 1. The highest BCUT2D eigenvalue weighted by Gasteiger charge is 2.30. The van der Waals surface area contributed by atoms with E-state index in [9.17, 15) is 14.0 Å². The summed E-state index contributed by atoms with van der Waals surface area (Å²) in [5.41, 5.74) is 2.22. The smallest absolute Gasteiger partial charge is 0.337 e. The van der Waals surface area contributed by atoms with Crippen LogP contribution >= 0.6 is 0 Å². The quantitative estimate of drug-likeness (QED) is 0.522. The van der Waals surface area contributed by atoms with Gasteiger partial charge in [-0.15, -0.1) is 0 Å². The maximum Gasteiger partial charge on any atom is 0.350 e. The molecule has 1 saturated heterocycles. The molecule has 0 saturated carbocycles. The molecule has 1 aliphatic heterocycles. The number of carbonyl (C=O) groups is 1. The molecule has 1 atom stereocenters. The molecule has 2 aromatic heterocycles. The number of rotatable bonds is 4. The van der Waals surface area contributed by atoms with Gasteiger partial charge in [0, 0.05) is 31.6 Å². The second kappa shape index (κ2) is 8.50. The number of benzene rings is 2. The molecule has 8 nitrogen and oxygen atoms in total. The highest BCUT2D eigenvalue weighted by atomic mass is 19.1. The number of aryl methyl sites for hydroxylation is 1. The summed E-state index contributed by atoms with van der Waals surface area (Å²) in [5, 5.41) is 11.5. The van der Waals surface area contributed by atoms with Crippen molar-refractivity contribution in [1.29, 1.82) is 0 Å². The first-order valence-electron chi connectivity index (χ1n) is 10.8. The van der Waals surface area contributed by atoms with Gasteiger partial charge in [-0.05, 0) is 55.3 Å². The third kappa shape index (κ3) is 3.97. The molecular weight excluding hydrogens is 423 g/mol. The largest absolute Gasteiger partial charge is 0.350 e. The van der Waals surface area contributed by atoms with Gasteiger partial charge in [-0.2, -0.15) is 10.2 Å². The van der Waals surface area contributed by atoms with Gasteiger partial charge in [0.1, 0.15) is 17.3 Å². The van der Waals surface area contributed by atoms with E-state index in [1.165, 1.54) is 16.8 Å². The van der Waals surface area contributed by atoms with Crippen LogP contribution in [0.2, 0.25) is 0 Å². The van der Waals surface area contributed by atoms with Crippen LogP contribution in [0.3, 0.4) is 0 Å². The predicted octanol–water partition coefficient (Wildman–Crippen LogP) is 3.12. The lowest BCUT2D eigenvalue weighted by molar-refractivity contribution is 0.0698. The van der Waals surface area contributed by atoms with Crippen LogP contribution in [0.25, 0.3) is 16.9 Å². The fourth-order valence-corrected chi connectivity index (χ4v) is 4.31. The van der Waals surface area contributed by atoms with E-state index in [-0.39, 0.29) is 23.3 Å². The van der Waals surface area contributed by atoms with Crippen LogP contribution in [0, 0.1) is 5.82 Å². The van der Waals surface area contributed by atoms with Crippen LogP contribution in [0.15, 0.2) is 65.5 Å². The van der Waals surface area contributed by atoms with Crippen LogP contribution in [0.5, 0.6) is 0 Å². The van der Waals surface area contributed by atoms with Crippen molar-refractivity contribution in [2.24, 2.45) is 7.05 Å². The number of aromatic nitrogens is 5. The van der Waals surface area contributed by atoms with E-state index in [0.29, 0.717) is 30.3 Å². The van der Waals surface area contributed by atoms with E-state index in [0.717, 1.165) is 24.1 Å². The molecule has 1 amide bonds. The summed E-state index contributed by atoms with van der Waals surface area (Å²) in [4.78, 5) is 27.7. The fraction of sp³-hybridized carbons (Fsp3) is 0.250. The third-order valence-corrected chi connectivity index (χ3v) is 5.99. The number of halogens is 1. The average molecular weight is 446 g/mol. The van der Waals surface area contributed by atoms with Crippen molar-refractivity contribution in [2.75, 3.05) is 13.1 Å². The van der Waals surface area contributed by atoms with Gasteiger partial charge in [0.15, 0.2) is 0 Å². The Hall–Kier alpha value is -4.01. The minimum absolute atomic E-state index is 0.0729. The predicted molar refractivity (Wildman–Crippen MR) is 121 cm³/mol. The van der Waals surface area contributed by atoms with Crippen molar-refractivity contribution in [1.82, 2.24) is 29.4 Å². The maximum absolute atomic E-state index is 13.2. The molecule has 9 heteroatoms. The molecule has 0 bridgehead atoms. The Morgan fingerprint density at radius 2 is 1.88 bits per heavy atom. The summed E-state index contributed by atoms with van der Waals surface area (Å²) in [6.45, 7) is 1.07. The highest BCUT2D eigenvalue weighted by Crippen LogP contribution is 2.28. The van der Waals surface area contributed by atoms with Crippen molar-refractivity contribution in [3.05, 3.63) is 88.5 Å². The topological polar surface area (TPSA) is 88.8 Å². The Morgan fingerprint density at radius 3 is 2.64 bits per heavy atom. The number of carbonyl (C=O) groups excluding carboxylic acids is 1. The van der Waals surface area contributed by atoms with Gasteiger partial charge in [0.05, 0.1) is 11.4 Å². The standard InChI is InChI=1S/C24H23FN6O2/c1-29-24(33)31(19-7-3-2-4-8-19)22(28-29)17-6-5-13-30(15-17)23(32)21-14-20(26-27-21)16-9-11-18(25)12-10-16/h2-4,7-12,14,17H,5-6,13,15H2,1H3,(H,26,27)/t17-/m0/s1. The summed E-state index contributed by atoms with van der Waals surface area (Å²) in [5.74, 6) is 0.0950. The van der Waals surface area contributed by atoms with Gasteiger partial charge in [-0.3, -0.25) is 9.89 Å². The van der Waals surface area contributed by atoms with Gasteiger partial charge in [-0.1, -0.05) is 18.2 Å². The molecule has 0 spiro atoms. The minimum atomic E-state index is -0.326. The van der Waals surface area contributed by atoms with E-state index in [4.69, 9.17) is 0 Å². The lowest BCUT2D eigenvalue weighted by atomic mass is 9.96. The molecule has 3 heterocycles. The first-order chi connectivity index (χ1) is 16.0. The first-order valence-corrected chi connectivity index (χ1v) is 10.8. The van der Waals surface area contributed by atoms with Crippen molar-refractivity contribution in [3.8, 4) is 16.9 Å². The van der Waals surface area contributed by atoms with Crippen LogP contribution in [0.4, 0.5) is 4.39 Å². The molecule has 5 rings (SSSR count). The zero-order valence-electron chi connectivity index (χ0n) is 18.1. The van der Waals surface area contributed by atoms with Crippen molar-refractivity contribution >= 4 is 5.91 Å². The highest BCUT2D eigenvalue weighted by molar-refractivity contribution is 5.93. The summed E-state index contributed by atoms with van der Waals surface area (Å²) in [6.07, 6.45) is 1.63. The zero-order valence-corrected chi connectivity index (χ0v) is 18.1. The van der Waals surface area contributed by atoms with Crippen LogP contribution in [-0.2, 0) is 7.05 Å². The number of aromatic amines is 1. The summed E-state index contributed by atoms with van der Waals surface area (Å²) in [7, 11) is 1.64. The number of hydrogen-bond acceptors (Lipinski definition) is 4. The number of para-hydroxylation sites is 1. The zero-order chi connectivity index (χ0) is 22.9. The number of H-pyrrole nitrogens is 1. The molecule has 4 aromatic rings. The normalized spacial score (nSPS) is 16.2. The first kappa shape index (κ1) is 20.9. The van der Waals surface area contributed by atoms with E-state index in [1.807, 2.05) is 30.3 Å². The second-order valence-corrected chi connectivity index (χ2v) is 8.20. The molecule has 1 fully saturated rings.